The zero-order chi connectivity index (χ0) is 14.4. The van der Waals surface area contributed by atoms with Crippen molar-refractivity contribution in [1.82, 2.24) is 10.3 Å². The standard InChI is InChI=1S/C13H14N2O4S/c1-9-6-10(16)11(7-18-9)19-8-12(17)14-3-2-13-15-4-5-20-13/h4-7H,2-3,8H2,1H3,(H,14,17). The molecule has 0 spiro atoms. The van der Waals surface area contributed by atoms with Crippen LogP contribution in [-0.4, -0.2) is 24.0 Å². The Morgan fingerprint density at radius 2 is 2.40 bits per heavy atom. The van der Waals surface area contributed by atoms with Crippen molar-refractivity contribution in [2.24, 2.45) is 0 Å². The van der Waals surface area contributed by atoms with Crippen LogP contribution in [0.4, 0.5) is 0 Å². The fourth-order valence-electron chi connectivity index (χ4n) is 1.48. The molecule has 2 heterocycles. The second-order valence-corrected chi connectivity index (χ2v) is 5.01. The number of nitrogens with one attached hydrogen (secondary N) is 1. The van der Waals surface area contributed by atoms with Gasteiger partial charge in [0.05, 0.1) is 5.01 Å². The summed E-state index contributed by atoms with van der Waals surface area (Å²) < 4.78 is 10.1. The molecule has 7 heteroatoms. The fraction of sp³-hybridized carbons (Fsp3) is 0.308. The largest absolute Gasteiger partial charge is 0.477 e. The Balaban J connectivity index is 1.73. The van der Waals surface area contributed by atoms with E-state index in [1.165, 1.54) is 12.3 Å². The Kier molecular flexibility index (Phi) is 4.89. The third-order valence-electron chi connectivity index (χ3n) is 2.43. The Bertz CT molecular complexity index is 622. The molecule has 6 nitrogen and oxygen atoms in total. The quantitative estimate of drug-likeness (QED) is 0.864. The molecule has 0 fully saturated rings. The summed E-state index contributed by atoms with van der Waals surface area (Å²) in [5, 5.41) is 5.54. The van der Waals surface area contributed by atoms with Gasteiger partial charge in [0.25, 0.3) is 5.91 Å². The molecule has 0 aliphatic carbocycles. The first-order valence-electron chi connectivity index (χ1n) is 6.02. The van der Waals surface area contributed by atoms with Gasteiger partial charge in [-0.3, -0.25) is 9.59 Å². The Hall–Kier alpha value is -2.15. The summed E-state index contributed by atoms with van der Waals surface area (Å²) in [7, 11) is 0. The molecule has 1 amide bonds. The Morgan fingerprint density at radius 1 is 1.55 bits per heavy atom. The van der Waals surface area contributed by atoms with Gasteiger partial charge in [-0.25, -0.2) is 4.98 Å². The molecule has 0 bridgehead atoms. The summed E-state index contributed by atoms with van der Waals surface area (Å²) in [4.78, 5) is 27.1. The average molecular weight is 294 g/mol. The molecule has 2 rings (SSSR count). The number of hydrogen-bond acceptors (Lipinski definition) is 6. The molecular formula is C13H14N2O4S. The lowest BCUT2D eigenvalue weighted by atomic mass is 10.4. The second kappa shape index (κ2) is 6.85. The molecule has 106 valence electrons. The lowest BCUT2D eigenvalue weighted by Gasteiger charge is -2.06. The van der Waals surface area contributed by atoms with Gasteiger partial charge in [-0.2, -0.15) is 0 Å². The van der Waals surface area contributed by atoms with Crippen molar-refractivity contribution in [3.8, 4) is 5.75 Å². The van der Waals surface area contributed by atoms with Crippen molar-refractivity contribution in [2.75, 3.05) is 13.2 Å². The van der Waals surface area contributed by atoms with E-state index in [0.29, 0.717) is 18.7 Å². The second-order valence-electron chi connectivity index (χ2n) is 4.03. The van der Waals surface area contributed by atoms with Crippen LogP contribution >= 0.6 is 11.3 Å². The number of hydrogen-bond donors (Lipinski definition) is 1. The monoisotopic (exact) mass is 294 g/mol. The van der Waals surface area contributed by atoms with Crippen LogP contribution in [0.3, 0.4) is 0 Å². The van der Waals surface area contributed by atoms with Gasteiger partial charge in [0.15, 0.2) is 6.61 Å². The smallest absolute Gasteiger partial charge is 0.257 e. The van der Waals surface area contributed by atoms with E-state index in [-0.39, 0.29) is 23.7 Å². The maximum absolute atomic E-state index is 11.5. The minimum Gasteiger partial charge on any atom is -0.477 e. The summed E-state index contributed by atoms with van der Waals surface area (Å²) >= 11 is 1.54. The van der Waals surface area contributed by atoms with Crippen molar-refractivity contribution in [3.63, 3.8) is 0 Å². The lowest BCUT2D eigenvalue weighted by Crippen LogP contribution is -2.31. The van der Waals surface area contributed by atoms with Gasteiger partial charge in [-0.15, -0.1) is 11.3 Å². The molecule has 0 saturated carbocycles. The van der Waals surface area contributed by atoms with Crippen LogP contribution < -0.4 is 15.5 Å². The SMILES string of the molecule is Cc1cc(=O)c(OCC(=O)NCCc2nccs2)co1. The van der Waals surface area contributed by atoms with Crippen LogP contribution in [0.2, 0.25) is 0 Å². The number of aryl methyl sites for hydroxylation is 1. The van der Waals surface area contributed by atoms with E-state index >= 15 is 0 Å². The molecule has 2 aromatic rings. The van der Waals surface area contributed by atoms with Crippen LogP contribution in [0, 0.1) is 6.92 Å². The van der Waals surface area contributed by atoms with Crippen LogP contribution in [0.1, 0.15) is 10.8 Å². The predicted octanol–water partition coefficient (Wildman–Crippen LogP) is 1.14. The van der Waals surface area contributed by atoms with Crippen molar-refractivity contribution < 1.29 is 13.9 Å². The number of carbonyl (C=O) groups is 1. The lowest BCUT2D eigenvalue weighted by molar-refractivity contribution is -0.123. The van der Waals surface area contributed by atoms with E-state index in [2.05, 4.69) is 10.3 Å². The zero-order valence-corrected chi connectivity index (χ0v) is 11.7. The van der Waals surface area contributed by atoms with E-state index in [0.717, 1.165) is 5.01 Å². The topological polar surface area (TPSA) is 81.4 Å². The third-order valence-corrected chi connectivity index (χ3v) is 3.27. The molecule has 1 N–H and O–H groups in total. The van der Waals surface area contributed by atoms with Crippen molar-refractivity contribution in [2.45, 2.75) is 13.3 Å². The van der Waals surface area contributed by atoms with Crippen LogP contribution in [-0.2, 0) is 11.2 Å². The highest BCUT2D eigenvalue weighted by Crippen LogP contribution is 2.05. The highest BCUT2D eigenvalue weighted by Gasteiger charge is 2.06. The number of amides is 1. The van der Waals surface area contributed by atoms with E-state index < -0.39 is 0 Å². The van der Waals surface area contributed by atoms with Gasteiger partial charge in [0.2, 0.25) is 11.2 Å². The highest BCUT2D eigenvalue weighted by molar-refractivity contribution is 7.09. The van der Waals surface area contributed by atoms with Crippen molar-refractivity contribution in [1.29, 1.82) is 0 Å². The molecule has 0 saturated heterocycles. The third kappa shape index (κ3) is 4.20. The average Bonchev–Trinajstić information content (AvgIpc) is 2.91. The summed E-state index contributed by atoms with van der Waals surface area (Å²) in [6.45, 7) is 1.93. The van der Waals surface area contributed by atoms with Crippen molar-refractivity contribution in [3.05, 3.63) is 44.9 Å². The molecule has 0 atom stereocenters. The maximum Gasteiger partial charge on any atom is 0.257 e. The number of thiazole rings is 1. The normalized spacial score (nSPS) is 10.2. The van der Waals surface area contributed by atoms with E-state index in [1.807, 2.05) is 5.38 Å². The number of rotatable bonds is 6. The van der Waals surface area contributed by atoms with Crippen LogP contribution in [0.25, 0.3) is 0 Å². The number of carbonyl (C=O) groups excluding carboxylic acids is 1. The first kappa shape index (κ1) is 14.3. The summed E-state index contributed by atoms with van der Waals surface area (Å²) in [6, 6.07) is 1.32. The molecule has 0 unspecified atom stereocenters. The first-order valence-corrected chi connectivity index (χ1v) is 6.90. The van der Waals surface area contributed by atoms with E-state index in [1.54, 1.807) is 24.5 Å². The maximum atomic E-state index is 11.5. The number of nitrogens with zero attached hydrogens (tertiary/aromatic N) is 1. The van der Waals surface area contributed by atoms with E-state index in [9.17, 15) is 9.59 Å². The molecule has 2 aromatic heterocycles. The first-order chi connectivity index (χ1) is 9.65. The molecule has 0 aliphatic rings. The van der Waals surface area contributed by atoms with Gasteiger partial charge >= 0.3 is 0 Å². The molecule has 20 heavy (non-hydrogen) atoms. The molecular weight excluding hydrogens is 280 g/mol. The van der Waals surface area contributed by atoms with Gasteiger partial charge < -0.3 is 14.5 Å². The highest BCUT2D eigenvalue weighted by atomic mass is 32.1. The molecule has 0 radical (unpaired) electrons. The summed E-state index contributed by atoms with van der Waals surface area (Å²) in [6.07, 6.45) is 3.61. The molecule has 0 aromatic carbocycles. The summed E-state index contributed by atoms with van der Waals surface area (Å²) in [5.74, 6) is 0.238. The predicted molar refractivity (Wildman–Crippen MR) is 74.0 cm³/mol. The Morgan fingerprint density at radius 3 is 3.10 bits per heavy atom. The number of aromatic nitrogens is 1. The van der Waals surface area contributed by atoms with Crippen molar-refractivity contribution >= 4 is 17.2 Å². The van der Waals surface area contributed by atoms with Crippen LogP contribution in [0.5, 0.6) is 5.75 Å². The van der Waals surface area contributed by atoms with Gasteiger partial charge in [-0.05, 0) is 6.92 Å². The Labute approximate surface area is 119 Å². The minimum absolute atomic E-state index is 0.0330. The van der Waals surface area contributed by atoms with Gasteiger partial charge in [-0.1, -0.05) is 0 Å². The number of ether oxygens (including phenoxy) is 1. The van der Waals surface area contributed by atoms with E-state index in [4.69, 9.17) is 9.15 Å². The molecule has 0 aliphatic heterocycles. The van der Waals surface area contributed by atoms with Crippen LogP contribution in [0.15, 0.2) is 33.1 Å². The zero-order valence-electron chi connectivity index (χ0n) is 10.9. The summed E-state index contributed by atoms with van der Waals surface area (Å²) in [5.41, 5.74) is -0.302. The van der Waals surface area contributed by atoms with Gasteiger partial charge in [0.1, 0.15) is 12.0 Å². The fourth-order valence-corrected chi connectivity index (χ4v) is 2.10. The van der Waals surface area contributed by atoms with Gasteiger partial charge in [0, 0.05) is 30.6 Å². The minimum atomic E-state index is -0.302.